The monoisotopic (exact) mass is 282 g/mol. The maximum absolute atomic E-state index is 11.7. The van der Waals surface area contributed by atoms with Gasteiger partial charge in [0.15, 0.2) is 0 Å². The molecule has 0 aliphatic rings. The molecule has 0 heterocycles. The zero-order chi connectivity index (χ0) is 15.1. The largest absolute Gasteiger partial charge is 0.544 e. The zero-order valence-corrected chi connectivity index (χ0v) is 11.1. The van der Waals surface area contributed by atoms with Crippen molar-refractivity contribution in [2.45, 2.75) is 25.5 Å². The molecule has 110 valence electrons. The van der Waals surface area contributed by atoms with Gasteiger partial charge in [0, 0.05) is 11.8 Å². The Morgan fingerprint density at radius 2 is 2.15 bits per heavy atom. The van der Waals surface area contributed by atoms with E-state index in [0.717, 1.165) is 0 Å². The predicted molar refractivity (Wildman–Crippen MR) is 68.6 cm³/mol. The van der Waals surface area contributed by atoms with Crippen molar-refractivity contribution < 1.29 is 30.2 Å². The Morgan fingerprint density at radius 1 is 1.45 bits per heavy atom. The van der Waals surface area contributed by atoms with Crippen molar-refractivity contribution in [2.75, 3.05) is 11.9 Å². The van der Waals surface area contributed by atoms with Crippen molar-refractivity contribution in [3.05, 3.63) is 24.3 Å². The lowest BCUT2D eigenvalue weighted by molar-refractivity contribution is -0.687. The minimum Gasteiger partial charge on any atom is -0.544 e. The van der Waals surface area contributed by atoms with Crippen LogP contribution in [-0.2, 0) is 9.59 Å². The first-order valence-electron chi connectivity index (χ1n) is 6.19. The van der Waals surface area contributed by atoms with Crippen LogP contribution in [-0.4, -0.2) is 40.8 Å². The van der Waals surface area contributed by atoms with Crippen LogP contribution >= 0.6 is 0 Å². The fourth-order valence-corrected chi connectivity index (χ4v) is 1.62. The number of aliphatic hydroxyl groups excluding tert-OH is 1. The number of aliphatic hydroxyl groups is 1. The summed E-state index contributed by atoms with van der Waals surface area (Å²) >= 11 is 0. The summed E-state index contributed by atoms with van der Waals surface area (Å²) in [4.78, 5) is 22.6. The third-order valence-corrected chi connectivity index (χ3v) is 2.60. The third-order valence-electron chi connectivity index (χ3n) is 2.60. The van der Waals surface area contributed by atoms with Crippen LogP contribution in [0, 0.1) is 0 Å². The van der Waals surface area contributed by atoms with Crippen molar-refractivity contribution in [1.82, 2.24) is 0 Å². The number of carboxylic acid groups (broad SMARTS) is 1. The van der Waals surface area contributed by atoms with Crippen molar-refractivity contribution in [1.29, 1.82) is 0 Å². The number of quaternary nitrogens is 1. The molecule has 2 atom stereocenters. The molecule has 0 bridgehead atoms. The summed E-state index contributed by atoms with van der Waals surface area (Å²) in [6, 6.07) is 4.87. The molecule has 0 radical (unpaired) electrons. The maximum atomic E-state index is 11.7. The Hall–Kier alpha value is -2.12. The first kappa shape index (κ1) is 15.9. The predicted octanol–water partition coefficient (Wildman–Crippen LogP) is -2.22. The number of nitrogens with two attached hydrogens (primary N) is 1. The SMILES string of the molecule is C[C@H](O)C[NH2+][C@@H](CC(=O)Nc1cccc(O)c1)C(=O)[O-]. The molecule has 7 nitrogen and oxygen atoms in total. The van der Waals surface area contributed by atoms with E-state index >= 15 is 0 Å². The van der Waals surface area contributed by atoms with Gasteiger partial charge in [-0.15, -0.1) is 0 Å². The van der Waals surface area contributed by atoms with E-state index in [4.69, 9.17) is 5.11 Å². The molecule has 20 heavy (non-hydrogen) atoms. The van der Waals surface area contributed by atoms with Gasteiger partial charge in [-0.3, -0.25) is 4.79 Å². The fourth-order valence-electron chi connectivity index (χ4n) is 1.62. The molecule has 7 heteroatoms. The van der Waals surface area contributed by atoms with Crippen LogP contribution in [0.2, 0.25) is 0 Å². The lowest BCUT2D eigenvalue weighted by Crippen LogP contribution is -2.94. The number of aromatic hydroxyl groups is 1. The average molecular weight is 282 g/mol. The highest BCUT2D eigenvalue weighted by atomic mass is 16.4. The molecule has 0 aliphatic heterocycles. The summed E-state index contributed by atoms with van der Waals surface area (Å²) < 4.78 is 0. The summed E-state index contributed by atoms with van der Waals surface area (Å²) in [5.74, 6) is -1.87. The van der Waals surface area contributed by atoms with E-state index in [2.05, 4.69) is 5.32 Å². The minimum atomic E-state index is -1.36. The summed E-state index contributed by atoms with van der Waals surface area (Å²) in [6.45, 7) is 1.69. The normalized spacial score (nSPS) is 13.5. The van der Waals surface area contributed by atoms with Gasteiger partial charge in [0.2, 0.25) is 5.91 Å². The Balaban J connectivity index is 2.55. The van der Waals surface area contributed by atoms with Gasteiger partial charge >= 0.3 is 0 Å². The standard InChI is InChI=1S/C13H18N2O5/c1-8(16)7-14-11(13(19)20)6-12(18)15-9-3-2-4-10(17)5-9/h2-5,8,11,14,16-17H,6-7H2,1H3,(H,15,18)(H,19,20)/t8-,11-/m0/s1. The van der Waals surface area contributed by atoms with E-state index in [9.17, 15) is 19.8 Å². The number of carboxylic acids is 1. The van der Waals surface area contributed by atoms with Crippen LogP contribution in [0.15, 0.2) is 24.3 Å². The number of aliphatic carboxylic acids is 1. The molecule has 5 N–H and O–H groups in total. The second kappa shape index (κ2) is 7.46. The molecule has 0 spiro atoms. The number of hydrogen-bond acceptors (Lipinski definition) is 5. The van der Waals surface area contributed by atoms with Crippen LogP contribution in [0.4, 0.5) is 5.69 Å². The Labute approximate surface area is 116 Å². The van der Waals surface area contributed by atoms with Crippen LogP contribution in [0.25, 0.3) is 0 Å². The van der Waals surface area contributed by atoms with Crippen LogP contribution in [0.1, 0.15) is 13.3 Å². The Kier molecular flexibility index (Phi) is 5.95. The van der Waals surface area contributed by atoms with Gasteiger partial charge in [0.1, 0.15) is 18.3 Å². The van der Waals surface area contributed by atoms with Gasteiger partial charge < -0.3 is 30.7 Å². The fraction of sp³-hybridized carbons (Fsp3) is 0.385. The number of amides is 1. The number of phenolic OH excluding ortho intramolecular Hbond substituents is 1. The number of carbonyl (C=O) groups is 2. The molecule has 0 unspecified atom stereocenters. The van der Waals surface area contributed by atoms with E-state index in [-0.39, 0.29) is 18.7 Å². The van der Waals surface area contributed by atoms with E-state index in [1.165, 1.54) is 24.4 Å². The Morgan fingerprint density at radius 3 is 2.70 bits per heavy atom. The number of anilines is 1. The summed E-state index contributed by atoms with van der Waals surface area (Å²) in [6.07, 6.45) is -0.962. The van der Waals surface area contributed by atoms with Gasteiger partial charge in [-0.1, -0.05) is 6.07 Å². The smallest absolute Gasteiger partial charge is 0.230 e. The highest BCUT2D eigenvalue weighted by Gasteiger charge is 2.19. The van der Waals surface area contributed by atoms with E-state index in [1.54, 1.807) is 12.1 Å². The minimum absolute atomic E-state index is 0.0000750. The summed E-state index contributed by atoms with van der Waals surface area (Å²) in [5.41, 5.74) is 0.377. The second-order valence-corrected chi connectivity index (χ2v) is 4.55. The first-order chi connectivity index (χ1) is 9.38. The van der Waals surface area contributed by atoms with Crippen LogP contribution in [0.5, 0.6) is 5.75 Å². The van der Waals surface area contributed by atoms with Gasteiger partial charge in [-0.2, -0.15) is 0 Å². The van der Waals surface area contributed by atoms with Crippen LogP contribution < -0.4 is 15.7 Å². The third kappa shape index (κ3) is 5.68. The topological polar surface area (TPSA) is 126 Å². The molecule has 0 aliphatic carbocycles. The molecule has 0 saturated carbocycles. The first-order valence-corrected chi connectivity index (χ1v) is 6.19. The molecule has 0 saturated heterocycles. The highest BCUT2D eigenvalue weighted by Crippen LogP contribution is 2.15. The molecule has 0 fully saturated rings. The number of phenols is 1. The number of rotatable bonds is 7. The molecular weight excluding hydrogens is 264 g/mol. The molecule has 1 aromatic carbocycles. The molecule has 1 amide bonds. The van der Waals surface area contributed by atoms with Crippen molar-refractivity contribution in [3.8, 4) is 5.75 Å². The number of nitrogens with one attached hydrogen (secondary N) is 1. The number of carbonyl (C=O) groups excluding carboxylic acids is 2. The number of hydrogen-bond donors (Lipinski definition) is 4. The Bertz CT molecular complexity index is 476. The molecule has 1 rings (SSSR count). The second-order valence-electron chi connectivity index (χ2n) is 4.55. The average Bonchev–Trinajstić information content (AvgIpc) is 2.33. The molecule has 1 aromatic rings. The van der Waals surface area contributed by atoms with E-state index < -0.39 is 24.0 Å². The van der Waals surface area contributed by atoms with E-state index in [0.29, 0.717) is 5.69 Å². The lowest BCUT2D eigenvalue weighted by atomic mass is 10.2. The van der Waals surface area contributed by atoms with Gasteiger partial charge in [-0.25, -0.2) is 0 Å². The van der Waals surface area contributed by atoms with Crippen molar-refractivity contribution in [3.63, 3.8) is 0 Å². The van der Waals surface area contributed by atoms with Gasteiger partial charge in [0.05, 0.1) is 18.5 Å². The highest BCUT2D eigenvalue weighted by molar-refractivity contribution is 5.93. The molecule has 0 aromatic heterocycles. The van der Waals surface area contributed by atoms with Crippen molar-refractivity contribution in [2.24, 2.45) is 0 Å². The van der Waals surface area contributed by atoms with Gasteiger partial charge in [-0.05, 0) is 19.1 Å². The summed E-state index contributed by atoms with van der Waals surface area (Å²) in [5, 5.41) is 33.1. The van der Waals surface area contributed by atoms with Crippen LogP contribution in [0.3, 0.4) is 0 Å². The zero-order valence-electron chi connectivity index (χ0n) is 11.1. The lowest BCUT2D eigenvalue weighted by Gasteiger charge is -2.17. The van der Waals surface area contributed by atoms with Gasteiger partial charge in [0.25, 0.3) is 0 Å². The molecular formula is C13H18N2O5. The van der Waals surface area contributed by atoms with E-state index in [1.807, 2.05) is 0 Å². The summed E-state index contributed by atoms with van der Waals surface area (Å²) in [7, 11) is 0. The maximum Gasteiger partial charge on any atom is 0.230 e. The number of benzene rings is 1. The van der Waals surface area contributed by atoms with Crippen molar-refractivity contribution >= 4 is 17.6 Å². The quantitative estimate of drug-likeness (QED) is 0.451.